The summed E-state index contributed by atoms with van der Waals surface area (Å²) in [7, 11) is -1.63. The number of aliphatic hydroxyl groups is 1. The monoisotopic (exact) mass is 263 g/mol. The van der Waals surface area contributed by atoms with Crippen molar-refractivity contribution < 1.29 is 5.11 Å². The molecule has 0 radical (unpaired) electrons. The second kappa shape index (κ2) is 4.42. The number of aliphatic hydroxyl groups excluding tert-OH is 1. The maximum atomic E-state index is 9.23. The van der Waals surface area contributed by atoms with Crippen LogP contribution in [0.1, 0.15) is 11.3 Å². The van der Waals surface area contributed by atoms with Crippen molar-refractivity contribution in [2.75, 3.05) is 0 Å². The topological polar surface area (TPSA) is 33.1 Å². The van der Waals surface area contributed by atoms with Crippen LogP contribution in [0.15, 0.2) is 0 Å². The molecule has 84 valence electrons. The van der Waals surface area contributed by atoms with E-state index in [0.717, 1.165) is 5.19 Å². The summed E-state index contributed by atoms with van der Waals surface area (Å²) in [5, 5.41) is 11.2. The molecule has 0 aromatic carbocycles. The highest BCUT2D eigenvalue weighted by molar-refractivity contribution is 6.91. The van der Waals surface area contributed by atoms with Gasteiger partial charge in [0.05, 0.1) is 19.7 Å². The van der Waals surface area contributed by atoms with Gasteiger partial charge < -0.3 is 5.11 Å². The molecule has 1 aromatic rings. The molecule has 0 aliphatic rings. The number of nitrogens with zero attached hydrogens (tertiary/aromatic N) is 1. The number of hydrogen-bond donors (Lipinski definition) is 1. The van der Waals surface area contributed by atoms with Gasteiger partial charge in [-0.05, 0) is 12.1 Å². The quantitative estimate of drug-likeness (QED) is 0.658. The van der Waals surface area contributed by atoms with Crippen LogP contribution in [-0.4, -0.2) is 18.2 Å². The highest BCUT2D eigenvalue weighted by Crippen LogP contribution is 2.24. The smallest absolute Gasteiger partial charge is 0.130 e. The fraction of sp³-hybridized carbons (Fsp3) is 0.500. The highest BCUT2D eigenvalue weighted by Gasteiger charge is 2.26. The van der Waals surface area contributed by atoms with E-state index >= 15 is 0 Å². The van der Waals surface area contributed by atoms with E-state index in [4.69, 9.17) is 23.2 Å². The summed E-state index contributed by atoms with van der Waals surface area (Å²) in [6.45, 7) is 8.17. The standard InChI is InChI=1S/C10H15Cl2NOSi/c1-6-7(5-14)8(11)9(10(12)13-6)15(2,3)4/h14H,5H2,1-4H3. The molecule has 0 unspecified atom stereocenters. The van der Waals surface area contributed by atoms with Crippen LogP contribution in [0.25, 0.3) is 0 Å². The summed E-state index contributed by atoms with van der Waals surface area (Å²) < 4.78 is 0. The van der Waals surface area contributed by atoms with Crippen molar-refractivity contribution in [3.63, 3.8) is 0 Å². The third-order valence-corrected chi connectivity index (χ3v) is 5.30. The van der Waals surface area contributed by atoms with Gasteiger partial charge in [0.15, 0.2) is 0 Å². The Hall–Kier alpha value is -0.0931. The number of halogens is 2. The van der Waals surface area contributed by atoms with Crippen LogP contribution in [0.2, 0.25) is 29.8 Å². The van der Waals surface area contributed by atoms with Crippen LogP contribution >= 0.6 is 23.2 Å². The zero-order chi connectivity index (χ0) is 11.8. The molecule has 0 fully saturated rings. The summed E-state index contributed by atoms with van der Waals surface area (Å²) in [6, 6.07) is 0. The van der Waals surface area contributed by atoms with Crippen molar-refractivity contribution in [3.05, 3.63) is 21.4 Å². The molecule has 0 atom stereocenters. The minimum Gasteiger partial charge on any atom is -0.392 e. The lowest BCUT2D eigenvalue weighted by Gasteiger charge is -2.21. The molecule has 0 aliphatic carbocycles. The zero-order valence-electron chi connectivity index (χ0n) is 9.36. The number of rotatable bonds is 2. The summed E-state index contributed by atoms with van der Waals surface area (Å²) in [5.74, 6) is 0. The van der Waals surface area contributed by atoms with Gasteiger partial charge in [0.1, 0.15) is 5.15 Å². The fourth-order valence-corrected chi connectivity index (χ4v) is 5.23. The Morgan fingerprint density at radius 2 is 1.80 bits per heavy atom. The van der Waals surface area contributed by atoms with Crippen LogP contribution in [0.3, 0.4) is 0 Å². The third kappa shape index (κ3) is 2.53. The molecule has 0 saturated heterocycles. The first kappa shape index (κ1) is 13.0. The predicted octanol–water partition coefficient (Wildman–Crippen LogP) is 2.73. The van der Waals surface area contributed by atoms with Gasteiger partial charge in [-0.2, -0.15) is 0 Å². The van der Waals surface area contributed by atoms with E-state index in [1.165, 1.54) is 0 Å². The van der Waals surface area contributed by atoms with E-state index in [1.807, 2.05) is 0 Å². The highest BCUT2D eigenvalue weighted by atomic mass is 35.5. The first-order chi connectivity index (χ1) is 6.79. The van der Waals surface area contributed by atoms with Crippen LogP contribution in [0, 0.1) is 6.92 Å². The second-order valence-electron chi connectivity index (χ2n) is 4.56. The van der Waals surface area contributed by atoms with Gasteiger partial charge in [0, 0.05) is 11.3 Å². The van der Waals surface area contributed by atoms with Crippen molar-refractivity contribution in [1.29, 1.82) is 0 Å². The average molecular weight is 264 g/mol. The molecule has 15 heavy (non-hydrogen) atoms. The van der Waals surface area contributed by atoms with Crippen molar-refractivity contribution in [2.24, 2.45) is 0 Å². The van der Waals surface area contributed by atoms with Crippen LogP contribution in [-0.2, 0) is 6.61 Å². The first-order valence-electron chi connectivity index (χ1n) is 4.74. The van der Waals surface area contributed by atoms with E-state index < -0.39 is 8.07 Å². The van der Waals surface area contributed by atoms with E-state index in [2.05, 4.69) is 24.6 Å². The van der Waals surface area contributed by atoms with E-state index in [1.54, 1.807) is 6.92 Å². The van der Waals surface area contributed by atoms with Crippen LogP contribution < -0.4 is 5.19 Å². The molecule has 0 aliphatic heterocycles. The van der Waals surface area contributed by atoms with Crippen LogP contribution in [0.5, 0.6) is 0 Å². The van der Waals surface area contributed by atoms with Gasteiger partial charge in [-0.25, -0.2) is 4.98 Å². The minimum atomic E-state index is -1.63. The van der Waals surface area contributed by atoms with Crippen molar-refractivity contribution in [2.45, 2.75) is 33.2 Å². The van der Waals surface area contributed by atoms with E-state index in [0.29, 0.717) is 21.4 Å². The van der Waals surface area contributed by atoms with Gasteiger partial charge >= 0.3 is 0 Å². The van der Waals surface area contributed by atoms with Gasteiger partial charge in [-0.1, -0.05) is 42.8 Å². The predicted molar refractivity (Wildman–Crippen MR) is 67.9 cm³/mol. The molecule has 1 rings (SSSR count). The molecule has 1 aromatic heterocycles. The van der Waals surface area contributed by atoms with Crippen LogP contribution in [0.4, 0.5) is 0 Å². The Kier molecular flexibility index (Phi) is 3.82. The van der Waals surface area contributed by atoms with Gasteiger partial charge in [0.25, 0.3) is 0 Å². The summed E-state index contributed by atoms with van der Waals surface area (Å²) in [5.41, 5.74) is 1.40. The minimum absolute atomic E-state index is 0.0910. The largest absolute Gasteiger partial charge is 0.392 e. The average Bonchev–Trinajstić information content (AvgIpc) is 2.00. The Bertz CT molecular complexity index is 388. The SMILES string of the molecule is Cc1nc(Cl)c([Si](C)(C)C)c(Cl)c1CO. The van der Waals surface area contributed by atoms with Gasteiger partial charge in [-0.3, -0.25) is 0 Å². The number of aryl methyl sites for hydroxylation is 1. The molecule has 1 N–H and O–H groups in total. The van der Waals surface area contributed by atoms with Gasteiger partial charge in [0.2, 0.25) is 0 Å². The normalized spacial score (nSPS) is 11.9. The Morgan fingerprint density at radius 3 is 2.20 bits per heavy atom. The fourth-order valence-electron chi connectivity index (χ4n) is 1.49. The van der Waals surface area contributed by atoms with Crippen molar-refractivity contribution in [3.8, 4) is 0 Å². The maximum Gasteiger partial charge on any atom is 0.130 e. The molecule has 5 heteroatoms. The Balaban J connectivity index is 3.53. The molecule has 0 amide bonds. The number of hydrogen-bond acceptors (Lipinski definition) is 2. The summed E-state index contributed by atoms with van der Waals surface area (Å²) in [6.07, 6.45) is 0. The molecular formula is C10H15Cl2NOSi. The molecule has 2 nitrogen and oxygen atoms in total. The molecule has 0 saturated carbocycles. The lowest BCUT2D eigenvalue weighted by Crippen LogP contribution is -2.40. The van der Waals surface area contributed by atoms with E-state index in [-0.39, 0.29) is 6.61 Å². The second-order valence-corrected chi connectivity index (χ2v) is 10.3. The third-order valence-electron chi connectivity index (χ3n) is 2.30. The molecule has 1 heterocycles. The molecule has 0 spiro atoms. The summed E-state index contributed by atoms with van der Waals surface area (Å²) in [4.78, 5) is 4.23. The Labute approximate surface area is 101 Å². The molecular weight excluding hydrogens is 249 g/mol. The number of aromatic nitrogens is 1. The maximum absolute atomic E-state index is 9.23. The van der Waals surface area contributed by atoms with Crippen molar-refractivity contribution in [1.82, 2.24) is 4.98 Å². The van der Waals surface area contributed by atoms with Crippen molar-refractivity contribution >= 4 is 36.5 Å². The number of pyridine rings is 1. The first-order valence-corrected chi connectivity index (χ1v) is 9.00. The lowest BCUT2D eigenvalue weighted by molar-refractivity contribution is 0.280. The zero-order valence-corrected chi connectivity index (χ0v) is 11.9. The summed E-state index contributed by atoms with van der Waals surface area (Å²) >= 11 is 12.4. The lowest BCUT2D eigenvalue weighted by atomic mass is 10.2. The van der Waals surface area contributed by atoms with Gasteiger partial charge in [-0.15, -0.1) is 0 Å². The molecule has 0 bridgehead atoms. The van der Waals surface area contributed by atoms with E-state index in [9.17, 15) is 5.11 Å². The Morgan fingerprint density at radius 1 is 1.27 bits per heavy atom.